The zero-order valence-electron chi connectivity index (χ0n) is 18.4. The fourth-order valence-electron chi connectivity index (χ4n) is 4.85. The Balaban J connectivity index is 1.25. The van der Waals surface area contributed by atoms with Gasteiger partial charge in [0, 0.05) is 37.7 Å². The summed E-state index contributed by atoms with van der Waals surface area (Å²) in [5.41, 5.74) is 1.34. The first-order valence-corrected chi connectivity index (χ1v) is 11.7. The Morgan fingerprint density at radius 2 is 1.84 bits per heavy atom. The van der Waals surface area contributed by atoms with Gasteiger partial charge in [-0.3, -0.25) is 0 Å². The summed E-state index contributed by atoms with van der Waals surface area (Å²) in [6.07, 6.45) is 4.10. The van der Waals surface area contributed by atoms with Crippen LogP contribution in [-0.2, 0) is 0 Å². The number of hydrogen-bond donors (Lipinski definition) is 1. The van der Waals surface area contributed by atoms with Crippen molar-refractivity contribution in [1.82, 2.24) is 4.90 Å². The molecule has 0 atom stereocenters. The highest BCUT2D eigenvalue weighted by atomic mass is 35.5. The third kappa shape index (κ3) is 5.36. The first kappa shape index (κ1) is 22.9. The Morgan fingerprint density at radius 3 is 2.50 bits per heavy atom. The van der Waals surface area contributed by atoms with Gasteiger partial charge in [0.05, 0.1) is 11.3 Å². The zero-order chi connectivity index (χ0) is 22.7. The largest absolute Gasteiger partial charge is 0.490 e. The van der Waals surface area contributed by atoms with E-state index >= 15 is 0 Å². The van der Waals surface area contributed by atoms with E-state index in [1.165, 1.54) is 18.2 Å². The molecule has 0 spiro atoms. The molecule has 2 fully saturated rings. The van der Waals surface area contributed by atoms with E-state index in [1.54, 1.807) is 0 Å². The summed E-state index contributed by atoms with van der Waals surface area (Å²) >= 11 is 6.03. The van der Waals surface area contributed by atoms with Crippen molar-refractivity contribution >= 4 is 23.3 Å². The summed E-state index contributed by atoms with van der Waals surface area (Å²) in [5, 5.41) is 10.1. The van der Waals surface area contributed by atoms with Gasteiger partial charge in [0.1, 0.15) is 17.7 Å². The first-order valence-electron chi connectivity index (χ1n) is 11.3. The summed E-state index contributed by atoms with van der Waals surface area (Å²) in [5.74, 6) is -0.0850. The van der Waals surface area contributed by atoms with Crippen LogP contribution in [0.3, 0.4) is 0 Å². The number of aryl methyl sites for hydroxylation is 1. The summed E-state index contributed by atoms with van der Waals surface area (Å²) in [7, 11) is 0. The van der Waals surface area contributed by atoms with E-state index < -0.39 is 11.8 Å². The SMILES string of the molecule is Cc1cc(Cl)ccc1OC1CCN(CC2CCN(c3c(F)cccc3C(=O)O)CC2)CC1. The van der Waals surface area contributed by atoms with Crippen molar-refractivity contribution in [2.24, 2.45) is 5.92 Å². The standard InChI is InChI=1S/C25H30ClFN2O3/c1-17-15-19(26)5-6-23(17)32-20-9-11-28(12-10-20)16-18-7-13-29(14-8-18)24-21(25(30)31)3-2-4-22(24)27/h2-6,15,18,20H,7-14,16H2,1H3,(H,30,31). The molecule has 2 saturated heterocycles. The van der Waals surface area contributed by atoms with Crippen LogP contribution in [0.15, 0.2) is 36.4 Å². The highest BCUT2D eigenvalue weighted by molar-refractivity contribution is 6.30. The Morgan fingerprint density at radius 1 is 1.12 bits per heavy atom. The van der Waals surface area contributed by atoms with Crippen LogP contribution >= 0.6 is 11.6 Å². The monoisotopic (exact) mass is 460 g/mol. The molecule has 2 aliphatic heterocycles. The second kappa shape index (κ2) is 10.1. The number of piperidine rings is 2. The van der Waals surface area contributed by atoms with Gasteiger partial charge in [-0.25, -0.2) is 9.18 Å². The maximum atomic E-state index is 14.4. The number of halogens is 2. The van der Waals surface area contributed by atoms with Gasteiger partial charge in [0.15, 0.2) is 0 Å². The number of ether oxygens (including phenoxy) is 1. The van der Waals surface area contributed by atoms with Crippen LogP contribution in [0.1, 0.15) is 41.6 Å². The summed E-state index contributed by atoms with van der Waals surface area (Å²) in [6, 6.07) is 10.0. The second-order valence-corrected chi connectivity index (χ2v) is 9.34. The van der Waals surface area contributed by atoms with E-state index in [2.05, 4.69) is 4.90 Å². The van der Waals surface area contributed by atoms with Crippen LogP contribution in [-0.4, -0.2) is 54.8 Å². The van der Waals surface area contributed by atoms with Crippen molar-refractivity contribution in [3.63, 3.8) is 0 Å². The highest BCUT2D eigenvalue weighted by Crippen LogP contribution is 2.30. The molecule has 32 heavy (non-hydrogen) atoms. The molecule has 0 saturated carbocycles. The third-order valence-electron chi connectivity index (χ3n) is 6.63. The minimum absolute atomic E-state index is 0.0430. The fraction of sp³-hybridized carbons (Fsp3) is 0.480. The Kier molecular flexibility index (Phi) is 7.21. The number of para-hydroxylation sites is 1. The highest BCUT2D eigenvalue weighted by Gasteiger charge is 2.28. The van der Waals surface area contributed by atoms with E-state index in [9.17, 15) is 14.3 Å². The summed E-state index contributed by atoms with van der Waals surface area (Å²) < 4.78 is 20.6. The number of benzene rings is 2. The van der Waals surface area contributed by atoms with Crippen LogP contribution in [0.4, 0.5) is 10.1 Å². The Labute approximate surface area is 193 Å². The van der Waals surface area contributed by atoms with Crippen molar-refractivity contribution in [3.05, 3.63) is 58.4 Å². The van der Waals surface area contributed by atoms with Gasteiger partial charge in [-0.1, -0.05) is 17.7 Å². The number of hydrogen-bond acceptors (Lipinski definition) is 4. The molecule has 7 heteroatoms. The van der Waals surface area contributed by atoms with E-state index in [1.807, 2.05) is 30.0 Å². The number of carbonyl (C=O) groups is 1. The number of aromatic carboxylic acids is 1. The van der Waals surface area contributed by atoms with Gasteiger partial charge < -0.3 is 19.6 Å². The molecule has 0 radical (unpaired) electrons. The number of likely N-dealkylation sites (tertiary alicyclic amines) is 1. The Bertz CT molecular complexity index is 954. The first-order chi connectivity index (χ1) is 15.4. The quantitative estimate of drug-likeness (QED) is 0.638. The van der Waals surface area contributed by atoms with Crippen LogP contribution < -0.4 is 9.64 Å². The molecule has 2 aromatic rings. The van der Waals surface area contributed by atoms with E-state index in [4.69, 9.17) is 16.3 Å². The van der Waals surface area contributed by atoms with Crippen molar-refractivity contribution in [3.8, 4) is 5.75 Å². The molecule has 2 heterocycles. The van der Waals surface area contributed by atoms with Crippen LogP contribution in [0.2, 0.25) is 5.02 Å². The lowest BCUT2D eigenvalue weighted by molar-refractivity contribution is 0.0696. The maximum absolute atomic E-state index is 14.4. The molecule has 0 aliphatic carbocycles. The molecular weight excluding hydrogens is 431 g/mol. The van der Waals surface area contributed by atoms with Gasteiger partial charge in [-0.15, -0.1) is 0 Å². The van der Waals surface area contributed by atoms with Gasteiger partial charge in [-0.2, -0.15) is 0 Å². The number of nitrogens with zero attached hydrogens (tertiary/aromatic N) is 2. The van der Waals surface area contributed by atoms with E-state index in [0.29, 0.717) is 19.0 Å². The second-order valence-electron chi connectivity index (χ2n) is 8.90. The number of carboxylic acid groups (broad SMARTS) is 1. The number of rotatable bonds is 6. The molecule has 2 aromatic carbocycles. The fourth-order valence-corrected chi connectivity index (χ4v) is 5.07. The Hall–Kier alpha value is -2.31. The average Bonchev–Trinajstić information content (AvgIpc) is 2.77. The molecule has 5 nitrogen and oxygen atoms in total. The smallest absolute Gasteiger partial charge is 0.337 e. The van der Waals surface area contributed by atoms with E-state index in [0.717, 1.165) is 61.7 Å². The molecule has 0 aromatic heterocycles. The summed E-state index contributed by atoms with van der Waals surface area (Å²) in [4.78, 5) is 15.9. The van der Waals surface area contributed by atoms with Crippen molar-refractivity contribution in [1.29, 1.82) is 0 Å². The third-order valence-corrected chi connectivity index (χ3v) is 6.86. The van der Waals surface area contributed by atoms with E-state index in [-0.39, 0.29) is 17.4 Å². The van der Waals surface area contributed by atoms with Crippen molar-refractivity contribution in [2.45, 2.75) is 38.7 Å². The van der Waals surface area contributed by atoms with Gasteiger partial charge in [-0.05, 0) is 74.4 Å². The summed E-state index contributed by atoms with van der Waals surface area (Å²) in [6.45, 7) is 6.43. The van der Waals surface area contributed by atoms with Gasteiger partial charge in [0.2, 0.25) is 0 Å². The lowest BCUT2D eigenvalue weighted by atomic mass is 9.94. The molecule has 172 valence electrons. The zero-order valence-corrected chi connectivity index (χ0v) is 19.2. The molecule has 2 aliphatic rings. The molecule has 4 rings (SSSR count). The van der Waals surface area contributed by atoms with Gasteiger partial charge in [0.25, 0.3) is 0 Å². The average molecular weight is 461 g/mol. The maximum Gasteiger partial charge on any atom is 0.337 e. The number of anilines is 1. The normalized spacial score (nSPS) is 18.7. The lowest BCUT2D eigenvalue weighted by Gasteiger charge is -2.38. The molecule has 0 bridgehead atoms. The lowest BCUT2D eigenvalue weighted by Crippen LogP contribution is -2.43. The van der Waals surface area contributed by atoms with Crippen LogP contribution in [0.5, 0.6) is 5.75 Å². The van der Waals surface area contributed by atoms with Crippen LogP contribution in [0, 0.1) is 18.7 Å². The molecule has 0 unspecified atom stereocenters. The number of carboxylic acids is 1. The molecular formula is C25H30ClFN2O3. The van der Waals surface area contributed by atoms with Crippen LogP contribution in [0.25, 0.3) is 0 Å². The predicted molar refractivity (Wildman–Crippen MR) is 125 cm³/mol. The molecule has 0 amide bonds. The van der Waals surface area contributed by atoms with Crippen molar-refractivity contribution in [2.75, 3.05) is 37.6 Å². The topological polar surface area (TPSA) is 53.0 Å². The minimum Gasteiger partial charge on any atom is -0.490 e. The minimum atomic E-state index is -1.08. The molecule has 1 N–H and O–H groups in total. The van der Waals surface area contributed by atoms with Crippen molar-refractivity contribution < 1.29 is 19.0 Å². The predicted octanol–water partition coefficient (Wildman–Crippen LogP) is 5.25. The van der Waals surface area contributed by atoms with Gasteiger partial charge >= 0.3 is 5.97 Å².